The second-order valence-corrected chi connectivity index (χ2v) is 11.4. The van der Waals surface area contributed by atoms with E-state index < -0.39 is 5.82 Å². The molecule has 2 bridgehead atoms. The fourth-order valence-electron chi connectivity index (χ4n) is 6.79. The zero-order valence-corrected chi connectivity index (χ0v) is 18.8. The number of imide groups is 1. The van der Waals surface area contributed by atoms with Crippen LogP contribution in [0.4, 0.5) is 10.1 Å². The van der Waals surface area contributed by atoms with E-state index in [-0.39, 0.29) is 57.4 Å². The summed E-state index contributed by atoms with van der Waals surface area (Å²) in [5, 5.41) is 1.03. The first-order valence-electron chi connectivity index (χ1n) is 11.0. The van der Waals surface area contributed by atoms with Crippen molar-refractivity contribution >= 4 is 40.6 Å². The highest BCUT2D eigenvalue weighted by atomic mass is 32.2. The number of nitrogens with one attached hydrogen (secondary N) is 1. The van der Waals surface area contributed by atoms with Gasteiger partial charge in [0.25, 0.3) is 0 Å². The van der Waals surface area contributed by atoms with E-state index in [1.165, 1.54) is 40.5 Å². The lowest BCUT2D eigenvalue weighted by Crippen LogP contribution is -2.42. The number of aromatic nitrogens is 2. The van der Waals surface area contributed by atoms with E-state index in [9.17, 15) is 18.8 Å². The summed E-state index contributed by atoms with van der Waals surface area (Å²) in [6.45, 7) is 0. The van der Waals surface area contributed by atoms with E-state index in [1.54, 1.807) is 18.0 Å². The third-order valence-corrected chi connectivity index (χ3v) is 10.4. The van der Waals surface area contributed by atoms with Gasteiger partial charge in [-0.2, -0.15) is 0 Å². The summed E-state index contributed by atoms with van der Waals surface area (Å²) in [6.07, 6.45) is 4.42. The van der Waals surface area contributed by atoms with Crippen LogP contribution >= 0.6 is 23.1 Å². The van der Waals surface area contributed by atoms with Gasteiger partial charge in [0.1, 0.15) is 5.82 Å². The van der Waals surface area contributed by atoms with Gasteiger partial charge in [-0.3, -0.25) is 24.3 Å². The van der Waals surface area contributed by atoms with Gasteiger partial charge < -0.3 is 4.98 Å². The highest BCUT2D eigenvalue weighted by Crippen LogP contribution is 2.68. The number of hydrogen-bond acceptors (Lipinski definition) is 6. The highest BCUT2D eigenvalue weighted by molar-refractivity contribution is 8.00. The van der Waals surface area contributed by atoms with E-state index in [1.807, 2.05) is 18.3 Å². The molecule has 3 fully saturated rings. The quantitative estimate of drug-likeness (QED) is 0.568. The minimum absolute atomic E-state index is 0.0253. The number of halogens is 1. The minimum Gasteiger partial charge on any atom is -0.307 e. The molecule has 1 aromatic carbocycles. The Morgan fingerprint density at radius 1 is 1.03 bits per heavy atom. The summed E-state index contributed by atoms with van der Waals surface area (Å²) in [5.74, 6) is -1.25. The van der Waals surface area contributed by atoms with Crippen LogP contribution in [0.25, 0.3) is 0 Å². The minimum atomic E-state index is -0.403. The normalized spacial score (nSPS) is 33.8. The first-order valence-corrected chi connectivity index (χ1v) is 12.7. The number of pyridine rings is 1. The number of carbonyl (C=O) groups is 2. The molecule has 7 rings (SSSR count). The molecular weight excluding hydrogens is 461 g/mol. The third kappa shape index (κ3) is 2.60. The van der Waals surface area contributed by atoms with E-state index in [0.29, 0.717) is 5.69 Å². The molecule has 7 atom stereocenters. The predicted molar refractivity (Wildman–Crippen MR) is 122 cm³/mol. The predicted octanol–water partition coefficient (Wildman–Crippen LogP) is 3.65. The van der Waals surface area contributed by atoms with Crippen molar-refractivity contribution in [1.82, 2.24) is 9.97 Å². The van der Waals surface area contributed by atoms with Crippen LogP contribution in [0.3, 0.4) is 0 Å². The third-order valence-electron chi connectivity index (χ3n) is 7.85. The Labute approximate surface area is 196 Å². The summed E-state index contributed by atoms with van der Waals surface area (Å²) < 4.78 is 13.4. The van der Waals surface area contributed by atoms with Gasteiger partial charge in [0, 0.05) is 28.4 Å². The molecule has 4 heterocycles. The van der Waals surface area contributed by atoms with Gasteiger partial charge in [-0.15, -0.1) is 11.8 Å². The zero-order chi connectivity index (χ0) is 22.4. The molecule has 1 N–H and O–H groups in total. The number of nitrogens with zero attached hydrogens (tertiary/aromatic N) is 2. The van der Waals surface area contributed by atoms with Gasteiger partial charge in [0.2, 0.25) is 11.8 Å². The molecule has 9 heteroatoms. The fraction of sp³-hybridized carbons (Fsp3) is 0.333. The Balaban J connectivity index is 1.33. The van der Waals surface area contributed by atoms with E-state index in [2.05, 4.69) is 9.97 Å². The summed E-state index contributed by atoms with van der Waals surface area (Å²) >= 11 is 2.90. The molecule has 0 radical (unpaired) electrons. The largest absolute Gasteiger partial charge is 0.307 e. The molecule has 2 aliphatic carbocycles. The van der Waals surface area contributed by atoms with Gasteiger partial charge in [0.05, 0.1) is 22.5 Å². The van der Waals surface area contributed by atoms with E-state index in [4.69, 9.17) is 0 Å². The number of H-pyrrole nitrogens is 1. The van der Waals surface area contributed by atoms with Crippen LogP contribution in [-0.4, -0.2) is 27.0 Å². The number of amides is 2. The van der Waals surface area contributed by atoms with Crippen LogP contribution in [0.5, 0.6) is 0 Å². The van der Waals surface area contributed by atoms with Gasteiger partial charge in [0.15, 0.2) is 0 Å². The zero-order valence-electron chi connectivity index (χ0n) is 17.2. The number of thiazole rings is 1. The monoisotopic (exact) mass is 479 g/mol. The van der Waals surface area contributed by atoms with E-state index in [0.717, 1.165) is 21.9 Å². The Morgan fingerprint density at radius 3 is 2.52 bits per heavy atom. The number of hydrogen-bond donors (Lipinski definition) is 1. The lowest BCUT2D eigenvalue weighted by Gasteiger charge is -2.42. The van der Waals surface area contributed by atoms with Gasteiger partial charge in [-0.1, -0.05) is 17.4 Å². The first-order chi connectivity index (χ1) is 16.0. The van der Waals surface area contributed by atoms with Crippen LogP contribution in [-0.2, 0) is 9.59 Å². The standard InChI is InChI=1S/C24H18FN3O3S2/c25-11-3-5-12(6-4-11)28-22(29)17-13-8-14(18(17)23(28)30)19-16(13)15(10-2-1-7-26-9-10)20-21(32-19)27-24(31)33-20/h1-7,9,13-19H,8H2,(H,27,31)/t13-,14-,15+,16+,17+,18+,19-/m1/s1. The van der Waals surface area contributed by atoms with Gasteiger partial charge >= 0.3 is 4.87 Å². The Bertz CT molecular complexity index is 1360. The average Bonchev–Trinajstić information content (AvgIpc) is 3.54. The molecule has 2 amide bonds. The summed E-state index contributed by atoms with van der Waals surface area (Å²) in [6, 6.07) is 9.49. The molecule has 33 heavy (non-hydrogen) atoms. The average molecular weight is 480 g/mol. The van der Waals surface area contributed by atoms with Crippen LogP contribution in [0.2, 0.25) is 0 Å². The summed E-state index contributed by atoms with van der Waals surface area (Å²) in [4.78, 5) is 48.8. The van der Waals surface area contributed by atoms with Crippen molar-refractivity contribution in [3.8, 4) is 0 Å². The molecule has 3 aromatic rings. The van der Waals surface area contributed by atoms with Crippen molar-refractivity contribution in [3.05, 3.63) is 74.7 Å². The maximum absolute atomic E-state index is 13.6. The Kier molecular flexibility index (Phi) is 4.09. The Hall–Kier alpha value is -2.78. The van der Waals surface area contributed by atoms with Crippen molar-refractivity contribution in [2.45, 2.75) is 22.6 Å². The SMILES string of the molecule is O=C1[C@H]2[C@H]3C[C@@H]([C@@H]2C(=O)N1c1ccc(F)cc1)[C@H]1[C@H](c2cccnc2)c2sc(=O)[nH]c2S[C@H]31. The maximum atomic E-state index is 13.6. The van der Waals surface area contributed by atoms with Gasteiger partial charge in [-0.25, -0.2) is 4.39 Å². The van der Waals surface area contributed by atoms with Crippen LogP contribution in [0.1, 0.15) is 22.8 Å². The maximum Gasteiger partial charge on any atom is 0.305 e. The molecule has 1 saturated heterocycles. The molecule has 6 nitrogen and oxygen atoms in total. The molecular formula is C24H18FN3O3S2. The van der Waals surface area contributed by atoms with Crippen molar-refractivity contribution < 1.29 is 14.0 Å². The molecule has 2 aliphatic heterocycles. The lowest BCUT2D eigenvalue weighted by atomic mass is 9.68. The highest BCUT2D eigenvalue weighted by Gasteiger charge is 2.69. The van der Waals surface area contributed by atoms with Crippen LogP contribution in [0.15, 0.2) is 58.6 Å². The molecule has 0 unspecified atom stereocenters. The summed E-state index contributed by atoms with van der Waals surface area (Å²) in [7, 11) is 0. The van der Waals surface area contributed by atoms with Crippen molar-refractivity contribution in [1.29, 1.82) is 0 Å². The molecule has 4 aliphatic rings. The molecule has 2 saturated carbocycles. The molecule has 2 aromatic heterocycles. The molecule has 0 spiro atoms. The number of rotatable bonds is 2. The number of fused-ring (bicyclic) bond motifs is 9. The second-order valence-electron chi connectivity index (χ2n) is 9.24. The first kappa shape index (κ1) is 19.7. The number of anilines is 1. The fourth-order valence-corrected chi connectivity index (χ4v) is 9.68. The van der Waals surface area contributed by atoms with Crippen molar-refractivity contribution in [2.75, 3.05) is 4.90 Å². The molecule has 166 valence electrons. The van der Waals surface area contributed by atoms with Crippen molar-refractivity contribution in [3.63, 3.8) is 0 Å². The number of aromatic amines is 1. The summed E-state index contributed by atoms with van der Waals surface area (Å²) in [5.41, 5.74) is 1.48. The number of carbonyl (C=O) groups excluding carboxylic acids is 2. The van der Waals surface area contributed by atoms with Gasteiger partial charge in [-0.05, 0) is 60.1 Å². The number of benzene rings is 1. The lowest BCUT2D eigenvalue weighted by molar-refractivity contribution is -0.123. The smallest absolute Gasteiger partial charge is 0.305 e. The topological polar surface area (TPSA) is 83.1 Å². The second kappa shape index (κ2) is 6.87. The van der Waals surface area contributed by atoms with E-state index >= 15 is 0 Å². The number of thioether (sulfide) groups is 1. The Morgan fingerprint density at radius 2 is 1.79 bits per heavy atom. The van der Waals surface area contributed by atoms with Crippen molar-refractivity contribution in [2.24, 2.45) is 29.6 Å². The van der Waals surface area contributed by atoms with Crippen LogP contribution in [0, 0.1) is 35.4 Å². The van der Waals surface area contributed by atoms with Crippen LogP contribution < -0.4 is 9.77 Å².